The third-order valence-corrected chi connectivity index (χ3v) is 5.07. The molecule has 0 aromatic heterocycles. The molecular weight excluding hydrogens is 352 g/mol. The van der Waals surface area contributed by atoms with Gasteiger partial charge in [-0.15, -0.1) is 6.42 Å². The third-order valence-electron chi connectivity index (χ3n) is 3.64. The van der Waals surface area contributed by atoms with E-state index in [2.05, 4.69) is 16.0 Å². The average Bonchev–Trinajstić information content (AvgIpc) is 2.67. The number of hydrogen-bond donors (Lipinski definition) is 2. The van der Waals surface area contributed by atoms with Crippen LogP contribution in [-0.4, -0.2) is 34.5 Å². The van der Waals surface area contributed by atoms with Gasteiger partial charge in [-0.3, -0.25) is 4.79 Å². The van der Waals surface area contributed by atoms with Gasteiger partial charge >= 0.3 is 0 Å². The molecule has 0 aliphatic heterocycles. The number of terminal acetylenes is 1. The van der Waals surface area contributed by atoms with Gasteiger partial charge in [-0.1, -0.05) is 18.1 Å². The van der Waals surface area contributed by atoms with Crippen molar-refractivity contribution < 1.29 is 17.9 Å². The predicted molar refractivity (Wildman–Crippen MR) is 99.5 cm³/mol. The number of carbonyl (C=O) groups excluding carboxylic acids is 1. The summed E-state index contributed by atoms with van der Waals surface area (Å²) >= 11 is 0. The molecule has 0 atom stereocenters. The Kier molecular flexibility index (Phi) is 6.78. The zero-order valence-corrected chi connectivity index (χ0v) is 15.2. The molecule has 0 aliphatic rings. The summed E-state index contributed by atoms with van der Waals surface area (Å²) in [6.07, 6.45) is 5.80. The van der Waals surface area contributed by atoms with E-state index in [1.54, 1.807) is 0 Å². The summed E-state index contributed by atoms with van der Waals surface area (Å²) in [6.45, 7) is 0.684. The maximum Gasteiger partial charge on any atom is 0.251 e. The third kappa shape index (κ3) is 5.34. The van der Waals surface area contributed by atoms with E-state index in [0.717, 1.165) is 5.56 Å². The second-order valence-corrected chi connectivity index (χ2v) is 7.26. The first kappa shape index (κ1) is 19.5. The first-order chi connectivity index (χ1) is 12.5. The lowest BCUT2D eigenvalue weighted by atomic mass is 10.1. The molecule has 0 unspecified atom stereocenters. The minimum atomic E-state index is -3.51. The molecular formula is C19H20N2O4S. The van der Waals surface area contributed by atoms with E-state index in [9.17, 15) is 13.2 Å². The molecule has 0 saturated heterocycles. The van der Waals surface area contributed by atoms with Crippen molar-refractivity contribution >= 4 is 15.9 Å². The molecule has 6 nitrogen and oxygen atoms in total. The lowest BCUT2D eigenvalue weighted by Gasteiger charge is -2.08. The van der Waals surface area contributed by atoms with Crippen LogP contribution < -0.4 is 14.8 Å². The summed E-state index contributed by atoms with van der Waals surface area (Å²) in [5, 5.41) is 2.81. The van der Waals surface area contributed by atoms with Gasteiger partial charge in [0.15, 0.2) is 0 Å². The molecule has 0 spiro atoms. The van der Waals surface area contributed by atoms with Crippen LogP contribution in [0, 0.1) is 12.3 Å². The second-order valence-electron chi connectivity index (χ2n) is 5.37. The normalized spacial score (nSPS) is 10.8. The van der Waals surface area contributed by atoms with Gasteiger partial charge in [0.2, 0.25) is 10.0 Å². The highest BCUT2D eigenvalue weighted by molar-refractivity contribution is 7.89. The van der Waals surface area contributed by atoms with E-state index in [1.165, 1.54) is 31.3 Å². The molecule has 1 amide bonds. The van der Waals surface area contributed by atoms with Crippen molar-refractivity contribution in [1.82, 2.24) is 10.0 Å². The molecule has 2 rings (SSSR count). The van der Waals surface area contributed by atoms with Crippen LogP contribution in [0.1, 0.15) is 15.9 Å². The van der Waals surface area contributed by atoms with E-state index >= 15 is 0 Å². The fraction of sp³-hybridized carbons (Fsp3) is 0.211. The Balaban J connectivity index is 1.86. The highest BCUT2D eigenvalue weighted by atomic mass is 32.2. The van der Waals surface area contributed by atoms with E-state index < -0.39 is 10.0 Å². The Morgan fingerprint density at radius 2 is 1.77 bits per heavy atom. The van der Waals surface area contributed by atoms with E-state index in [-0.39, 0.29) is 17.4 Å². The quantitative estimate of drug-likeness (QED) is 0.689. The Bertz CT molecular complexity index is 883. The number of sulfonamides is 1. The SMILES string of the molecule is C#CCOc1ccc(CCNC(=O)c2ccc(S(=O)(=O)NC)cc2)cc1. The smallest absolute Gasteiger partial charge is 0.251 e. The molecule has 0 saturated carbocycles. The maximum absolute atomic E-state index is 12.1. The lowest BCUT2D eigenvalue weighted by molar-refractivity contribution is 0.0954. The minimum Gasteiger partial charge on any atom is -0.481 e. The number of benzene rings is 2. The summed E-state index contributed by atoms with van der Waals surface area (Å²) in [6, 6.07) is 13.2. The van der Waals surface area contributed by atoms with Crippen LogP contribution in [0.5, 0.6) is 5.75 Å². The van der Waals surface area contributed by atoms with Crippen molar-refractivity contribution in [1.29, 1.82) is 0 Å². The van der Waals surface area contributed by atoms with Crippen LogP contribution in [0.25, 0.3) is 0 Å². The molecule has 7 heteroatoms. The number of amides is 1. The standard InChI is InChI=1S/C19H20N2O4S/c1-3-14-25-17-8-4-15(5-9-17)12-13-21-19(22)16-6-10-18(11-7-16)26(23,24)20-2/h1,4-11,20H,12-14H2,2H3,(H,21,22). The Morgan fingerprint density at radius 3 is 2.35 bits per heavy atom. The zero-order chi connectivity index (χ0) is 19.0. The van der Waals surface area contributed by atoms with Crippen molar-refractivity contribution in [2.45, 2.75) is 11.3 Å². The van der Waals surface area contributed by atoms with Crippen LogP contribution in [0.4, 0.5) is 0 Å². The molecule has 26 heavy (non-hydrogen) atoms. The Labute approximate surface area is 153 Å². The second kappa shape index (κ2) is 9.04. The van der Waals surface area contributed by atoms with E-state index in [4.69, 9.17) is 11.2 Å². The summed E-state index contributed by atoms with van der Waals surface area (Å²) in [7, 11) is -2.17. The Hall–Kier alpha value is -2.82. The first-order valence-electron chi connectivity index (χ1n) is 7.93. The Morgan fingerprint density at radius 1 is 1.12 bits per heavy atom. The number of rotatable bonds is 8. The number of nitrogens with one attached hydrogen (secondary N) is 2. The molecule has 0 radical (unpaired) electrons. The highest BCUT2D eigenvalue weighted by Gasteiger charge is 2.12. The fourth-order valence-corrected chi connectivity index (χ4v) is 2.93. The molecule has 0 fully saturated rings. The minimum absolute atomic E-state index is 0.115. The van der Waals surface area contributed by atoms with Gasteiger partial charge < -0.3 is 10.1 Å². The van der Waals surface area contributed by atoms with Crippen molar-refractivity contribution in [2.75, 3.05) is 20.2 Å². The van der Waals surface area contributed by atoms with Crippen molar-refractivity contribution in [2.24, 2.45) is 0 Å². The lowest BCUT2D eigenvalue weighted by Crippen LogP contribution is -2.26. The molecule has 2 aromatic carbocycles. The van der Waals surface area contributed by atoms with Crippen molar-refractivity contribution in [3.8, 4) is 18.1 Å². The van der Waals surface area contributed by atoms with Crippen LogP contribution in [0.2, 0.25) is 0 Å². The van der Waals surface area contributed by atoms with Gasteiger partial charge in [0.1, 0.15) is 12.4 Å². The fourth-order valence-electron chi connectivity index (χ4n) is 2.20. The molecule has 0 heterocycles. The summed E-state index contributed by atoms with van der Waals surface area (Å²) in [4.78, 5) is 12.2. The molecule has 0 bridgehead atoms. The topological polar surface area (TPSA) is 84.5 Å². The van der Waals surface area contributed by atoms with Gasteiger partial charge in [0.25, 0.3) is 5.91 Å². The van der Waals surface area contributed by atoms with Crippen LogP contribution in [0.3, 0.4) is 0 Å². The van der Waals surface area contributed by atoms with Gasteiger partial charge in [-0.2, -0.15) is 0 Å². The summed E-state index contributed by atoms with van der Waals surface area (Å²) < 4.78 is 30.9. The molecule has 2 N–H and O–H groups in total. The number of ether oxygens (including phenoxy) is 1. The summed E-state index contributed by atoms with van der Waals surface area (Å²) in [5.74, 6) is 2.85. The largest absolute Gasteiger partial charge is 0.481 e. The van der Waals surface area contributed by atoms with Crippen LogP contribution in [0.15, 0.2) is 53.4 Å². The van der Waals surface area contributed by atoms with E-state index in [1.807, 2.05) is 24.3 Å². The van der Waals surface area contributed by atoms with Crippen molar-refractivity contribution in [3.05, 3.63) is 59.7 Å². The molecule has 0 aliphatic carbocycles. The maximum atomic E-state index is 12.1. The first-order valence-corrected chi connectivity index (χ1v) is 9.41. The zero-order valence-electron chi connectivity index (χ0n) is 14.4. The van der Waals surface area contributed by atoms with Crippen LogP contribution >= 0.6 is 0 Å². The van der Waals surface area contributed by atoms with E-state index in [0.29, 0.717) is 24.3 Å². The van der Waals surface area contributed by atoms with Gasteiger partial charge in [0, 0.05) is 12.1 Å². The molecule has 136 valence electrons. The van der Waals surface area contributed by atoms with Gasteiger partial charge in [0.05, 0.1) is 4.90 Å². The number of carbonyl (C=O) groups is 1. The van der Waals surface area contributed by atoms with Crippen LogP contribution in [-0.2, 0) is 16.4 Å². The average molecular weight is 372 g/mol. The van der Waals surface area contributed by atoms with Crippen molar-refractivity contribution in [3.63, 3.8) is 0 Å². The monoisotopic (exact) mass is 372 g/mol. The predicted octanol–water partition coefficient (Wildman–Crippen LogP) is 1.58. The summed E-state index contributed by atoms with van der Waals surface area (Å²) in [5.41, 5.74) is 1.45. The van der Waals surface area contributed by atoms with Gasteiger partial charge in [-0.05, 0) is 55.4 Å². The highest BCUT2D eigenvalue weighted by Crippen LogP contribution is 2.13. The van der Waals surface area contributed by atoms with Gasteiger partial charge in [-0.25, -0.2) is 13.1 Å². The molecule has 2 aromatic rings. The number of hydrogen-bond acceptors (Lipinski definition) is 4.